The summed E-state index contributed by atoms with van der Waals surface area (Å²) in [6, 6.07) is 7.78. The van der Waals surface area contributed by atoms with E-state index in [2.05, 4.69) is 11.9 Å². The Balaban J connectivity index is 2.69. The van der Waals surface area contributed by atoms with Crippen molar-refractivity contribution in [3.63, 3.8) is 0 Å². The van der Waals surface area contributed by atoms with E-state index in [-0.39, 0.29) is 24.7 Å². The van der Waals surface area contributed by atoms with Crippen LogP contribution in [0.4, 0.5) is 0 Å². The summed E-state index contributed by atoms with van der Waals surface area (Å²) in [4.78, 5) is 46.4. The predicted molar refractivity (Wildman–Crippen MR) is 153 cm³/mol. The van der Waals surface area contributed by atoms with Crippen LogP contribution in [0.1, 0.15) is 91.0 Å². The molecule has 0 spiro atoms. The molecule has 0 aliphatic rings. The van der Waals surface area contributed by atoms with Gasteiger partial charge in [0.25, 0.3) is 0 Å². The second kappa shape index (κ2) is 18.1. The van der Waals surface area contributed by atoms with Gasteiger partial charge in [-0.05, 0) is 83.4 Å². The van der Waals surface area contributed by atoms with Gasteiger partial charge in [-0.25, -0.2) is 0 Å². The minimum atomic E-state index is -1.01. The summed E-state index contributed by atoms with van der Waals surface area (Å²) < 4.78 is 11.1. The monoisotopic (exact) mass is 561 g/mol. The standard InChI is InChI=1S/C31H47NO8/c1-22(2)29(36)32-18-9-19-39-26-16-13-24(14-17-26)20-23(10-7-6-8-11-27(33)34)12-15-25(30(37)38)21-28(35)40-31(3,4)5/h13-14,16-17,23,25H,1,6-12,15,18-21H2,2-5H3,(H,32,36)(H,33,34)(H,37,38). The van der Waals surface area contributed by atoms with Crippen LogP contribution in [-0.4, -0.2) is 52.8 Å². The number of unbranched alkanes of at least 4 members (excludes halogenated alkanes) is 2. The zero-order chi connectivity index (χ0) is 30.1. The van der Waals surface area contributed by atoms with Gasteiger partial charge in [0.05, 0.1) is 18.9 Å². The van der Waals surface area contributed by atoms with Crippen molar-refractivity contribution in [2.24, 2.45) is 11.8 Å². The number of carboxylic acids is 2. The van der Waals surface area contributed by atoms with E-state index in [1.54, 1.807) is 27.7 Å². The number of hydrogen-bond donors (Lipinski definition) is 3. The number of esters is 1. The number of ether oxygens (including phenoxy) is 2. The Labute approximate surface area is 238 Å². The zero-order valence-electron chi connectivity index (χ0n) is 24.5. The number of nitrogens with one attached hydrogen (secondary N) is 1. The summed E-state index contributed by atoms with van der Waals surface area (Å²) in [7, 11) is 0. The molecular weight excluding hydrogens is 514 g/mol. The Morgan fingerprint density at radius 1 is 0.950 bits per heavy atom. The number of carbonyl (C=O) groups is 4. The van der Waals surface area contributed by atoms with Crippen molar-refractivity contribution in [2.45, 2.75) is 97.5 Å². The Hall–Kier alpha value is -3.36. The maximum atomic E-state index is 12.2. The summed E-state index contributed by atoms with van der Waals surface area (Å²) in [6.07, 6.45) is 5.47. The average molecular weight is 562 g/mol. The first-order valence-corrected chi connectivity index (χ1v) is 14.1. The molecule has 0 saturated heterocycles. The van der Waals surface area contributed by atoms with Crippen LogP contribution in [-0.2, 0) is 30.3 Å². The topological polar surface area (TPSA) is 139 Å². The molecule has 0 bridgehead atoms. The Morgan fingerprint density at radius 3 is 2.20 bits per heavy atom. The summed E-state index contributed by atoms with van der Waals surface area (Å²) >= 11 is 0. The lowest BCUT2D eigenvalue weighted by Crippen LogP contribution is -2.27. The van der Waals surface area contributed by atoms with Crippen LogP contribution < -0.4 is 10.1 Å². The Morgan fingerprint density at radius 2 is 1.62 bits per heavy atom. The van der Waals surface area contributed by atoms with Gasteiger partial charge in [-0.1, -0.05) is 38.0 Å². The second-order valence-corrected chi connectivity index (χ2v) is 11.3. The molecule has 1 aromatic rings. The Bertz CT molecular complexity index is 965. The summed E-state index contributed by atoms with van der Waals surface area (Å²) in [5.74, 6) is -2.40. The largest absolute Gasteiger partial charge is 0.494 e. The number of carboxylic acid groups (broad SMARTS) is 2. The molecule has 3 N–H and O–H groups in total. The van der Waals surface area contributed by atoms with Crippen molar-refractivity contribution >= 4 is 23.8 Å². The Kier molecular flexibility index (Phi) is 15.7. The average Bonchev–Trinajstić information content (AvgIpc) is 2.85. The molecule has 1 amide bonds. The van der Waals surface area contributed by atoms with Crippen molar-refractivity contribution in [3.8, 4) is 5.75 Å². The van der Waals surface area contributed by atoms with E-state index < -0.39 is 29.4 Å². The third kappa shape index (κ3) is 16.6. The van der Waals surface area contributed by atoms with Crippen LogP contribution in [0, 0.1) is 11.8 Å². The third-order valence-electron chi connectivity index (χ3n) is 6.32. The molecule has 2 atom stereocenters. The molecule has 0 aliphatic heterocycles. The number of aliphatic carboxylic acids is 2. The van der Waals surface area contributed by atoms with Crippen molar-refractivity contribution < 1.29 is 38.9 Å². The van der Waals surface area contributed by atoms with Gasteiger partial charge >= 0.3 is 17.9 Å². The summed E-state index contributed by atoms with van der Waals surface area (Å²) in [6.45, 7) is 11.5. The molecular formula is C31H47NO8. The lowest BCUT2D eigenvalue weighted by Gasteiger charge is -2.22. The fourth-order valence-corrected chi connectivity index (χ4v) is 4.24. The smallest absolute Gasteiger partial charge is 0.307 e. The van der Waals surface area contributed by atoms with E-state index in [0.717, 1.165) is 37.0 Å². The first-order valence-electron chi connectivity index (χ1n) is 14.1. The highest BCUT2D eigenvalue weighted by atomic mass is 16.6. The van der Waals surface area contributed by atoms with Gasteiger partial charge in [0.2, 0.25) is 5.91 Å². The maximum Gasteiger partial charge on any atom is 0.307 e. The molecule has 1 aromatic carbocycles. The van der Waals surface area contributed by atoms with E-state index in [9.17, 15) is 24.3 Å². The molecule has 9 heteroatoms. The number of amides is 1. The minimum absolute atomic E-state index is 0.142. The summed E-state index contributed by atoms with van der Waals surface area (Å²) in [5, 5.41) is 21.4. The number of hydrogen-bond acceptors (Lipinski definition) is 6. The van der Waals surface area contributed by atoms with E-state index in [0.29, 0.717) is 44.4 Å². The second-order valence-electron chi connectivity index (χ2n) is 11.3. The number of carbonyl (C=O) groups excluding carboxylic acids is 2. The summed E-state index contributed by atoms with van der Waals surface area (Å²) in [5.41, 5.74) is 0.891. The van der Waals surface area contributed by atoms with Gasteiger partial charge in [0.1, 0.15) is 11.4 Å². The molecule has 0 heterocycles. The fourth-order valence-electron chi connectivity index (χ4n) is 4.24. The van der Waals surface area contributed by atoms with E-state index in [1.165, 1.54) is 0 Å². The molecule has 1 rings (SSSR count). The first-order chi connectivity index (χ1) is 18.8. The van der Waals surface area contributed by atoms with Crippen LogP contribution in [0.3, 0.4) is 0 Å². The molecule has 0 fully saturated rings. The van der Waals surface area contributed by atoms with E-state index in [1.807, 2.05) is 24.3 Å². The van der Waals surface area contributed by atoms with Gasteiger partial charge in [-0.2, -0.15) is 0 Å². The molecule has 0 aliphatic carbocycles. The highest BCUT2D eigenvalue weighted by molar-refractivity contribution is 5.92. The van der Waals surface area contributed by atoms with Crippen LogP contribution in [0.15, 0.2) is 36.4 Å². The molecule has 0 aromatic heterocycles. The van der Waals surface area contributed by atoms with Crippen LogP contribution >= 0.6 is 0 Å². The molecule has 2 unspecified atom stereocenters. The van der Waals surface area contributed by atoms with E-state index in [4.69, 9.17) is 14.6 Å². The highest BCUT2D eigenvalue weighted by Crippen LogP contribution is 2.26. The van der Waals surface area contributed by atoms with Gasteiger partial charge in [-0.3, -0.25) is 19.2 Å². The highest BCUT2D eigenvalue weighted by Gasteiger charge is 2.26. The molecule has 224 valence electrons. The maximum absolute atomic E-state index is 12.2. The third-order valence-corrected chi connectivity index (χ3v) is 6.32. The quantitative estimate of drug-likeness (QED) is 0.107. The minimum Gasteiger partial charge on any atom is -0.494 e. The SMILES string of the molecule is C=C(C)C(=O)NCCCOc1ccc(CC(CCCCCC(=O)O)CCC(CC(=O)OC(C)(C)C)C(=O)O)cc1. The van der Waals surface area contributed by atoms with Crippen molar-refractivity contribution in [2.75, 3.05) is 13.2 Å². The van der Waals surface area contributed by atoms with Gasteiger partial charge in [0, 0.05) is 18.5 Å². The number of rotatable bonds is 20. The molecule has 40 heavy (non-hydrogen) atoms. The first kappa shape index (κ1) is 34.7. The van der Waals surface area contributed by atoms with Gasteiger partial charge in [-0.15, -0.1) is 0 Å². The fraction of sp³-hybridized carbons (Fsp3) is 0.613. The van der Waals surface area contributed by atoms with Crippen LogP contribution in [0.2, 0.25) is 0 Å². The zero-order valence-corrected chi connectivity index (χ0v) is 24.5. The van der Waals surface area contributed by atoms with Crippen LogP contribution in [0.25, 0.3) is 0 Å². The van der Waals surface area contributed by atoms with Gasteiger partial charge < -0.3 is 25.0 Å². The van der Waals surface area contributed by atoms with Gasteiger partial charge in [0.15, 0.2) is 0 Å². The van der Waals surface area contributed by atoms with Crippen LogP contribution in [0.5, 0.6) is 5.75 Å². The molecule has 0 radical (unpaired) electrons. The lowest BCUT2D eigenvalue weighted by molar-refractivity contribution is -0.160. The van der Waals surface area contributed by atoms with Crippen molar-refractivity contribution in [3.05, 3.63) is 42.0 Å². The molecule has 9 nitrogen and oxygen atoms in total. The van der Waals surface area contributed by atoms with Crippen molar-refractivity contribution in [1.82, 2.24) is 5.32 Å². The van der Waals surface area contributed by atoms with E-state index >= 15 is 0 Å². The number of benzene rings is 1. The normalized spacial score (nSPS) is 12.7. The molecule has 0 saturated carbocycles. The predicted octanol–water partition coefficient (Wildman–Crippen LogP) is 5.55. The lowest BCUT2D eigenvalue weighted by atomic mass is 9.86. The van der Waals surface area contributed by atoms with Crippen molar-refractivity contribution in [1.29, 1.82) is 0 Å².